The van der Waals surface area contributed by atoms with Gasteiger partial charge in [-0.15, -0.1) is 0 Å². The average Bonchev–Trinajstić information content (AvgIpc) is 2.37. The van der Waals surface area contributed by atoms with Crippen LogP contribution in [0.2, 0.25) is 0 Å². The van der Waals surface area contributed by atoms with Gasteiger partial charge in [0.1, 0.15) is 5.82 Å². The standard InChI is InChI=1S/C14H16FN3O/c1-18(13(19)14(17)5-2-6-14)9-11-7-10(8-16)3-4-12(11)15/h3-4,7H,2,5-6,9,17H2,1H3. The first-order chi connectivity index (χ1) is 8.96. The van der Waals surface area contributed by atoms with Crippen LogP contribution in [0.4, 0.5) is 4.39 Å². The van der Waals surface area contributed by atoms with E-state index in [4.69, 9.17) is 11.0 Å². The van der Waals surface area contributed by atoms with Gasteiger partial charge in [-0.25, -0.2) is 4.39 Å². The van der Waals surface area contributed by atoms with Crippen LogP contribution in [0.3, 0.4) is 0 Å². The number of likely N-dealkylation sites (N-methyl/N-ethyl adjacent to an activating group) is 1. The monoisotopic (exact) mass is 261 g/mol. The number of nitrogens with two attached hydrogens (primary N) is 1. The van der Waals surface area contributed by atoms with Crippen LogP contribution in [-0.4, -0.2) is 23.4 Å². The van der Waals surface area contributed by atoms with Crippen LogP contribution in [0.1, 0.15) is 30.4 Å². The molecule has 1 aliphatic rings. The van der Waals surface area contributed by atoms with Crippen LogP contribution in [0, 0.1) is 17.1 Å². The molecule has 2 rings (SSSR count). The van der Waals surface area contributed by atoms with Crippen molar-refractivity contribution in [2.24, 2.45) is 5.73 Å². The molecule has 0 atom stereocenters. The second kappa shape index (κ2) is 4.98. The van der Waals surface area contributed by atoms with Gasteiger partial charge in [-0.2, -0.15) is 5.26 Å². The van der Waals surface area contributed by atoms with Crippen LogP contribution >= 0.6 is 0 Å². The molecule has 0 bridgehead atoms. The minimum Gasteiger partial charge on any atom is -0.340 e. The Labute approximate surface area is 111 Å². The van der Waals surface area contributed by atoms with E-state index in [1.165, 1.54) is 23.1 Å². The smallest absolute Gasteiger partial charge is 0.242 e. The molecular formula is C14H16FN3O. The van der Waals surface area contributed by atoms with Crippen LogP contribution in [-0.2, 0) is 11.3 Å². The van der Waals surface area contributed by atoms with Gasteiger partial charge in [0.2, 0.25) is 5.91 Å². The first-order valence-electron chi connectivity index (χ1n) is 6.19. The lowest BCUT2D eigenvalue weighted by Gasteiger charge is -2.39. The summed E-state index contributed by atoms with van der Waals surface area (Å²) >= 11 is 0. The van der Waals surface area contributed by atoms with Gasteiger partial charge in [-0.3, -0.25) is 4.79 Å². The van der Waals surface area contributed by atoms with Gasteiger partial charge in [-0.05, 0) is 37.5 Å². The number of halogens is 1. The van der Waals surface area contributed by atoms with Crippen molar-refractivity contribution in [3.63, 3.8) is 0 Å². The lowest BCUT2D eigenvalue weighted by molar-refractivity contribution is -0.139. The van der Waals surface area contributed by atoms with Crippen molar-refractivity contribution in [2.75, 3.05) is 7.05 Å². The molecule has 2 N–H and O–H groups in total. The van der Waals surface area contributed by atoms with Crippen molar-refractivity contribution in [2.45, 2.75) is 31.3 Å². The molecule has 0 aromatic heterocycles. The number of hydrogen-bond donors (Lipinski definition) is 1. The van der Waals surface area contributed by atoms with Crippen LogP contribution < -0.4 is 5.73 Å². The van der Waals surface area contributed by atoms with E-state index in [1.807, 2.05) is 6.07 Å². The van der Waals surface area contributed by atoms with E-state index in [0.717, 1.165) is 6.42 Å². The van der Waals surface area contributed by atoms with E-state index < -0.39 is 11.4 Å². The summed E-state index contributed by atoms with van der Waals surface area (Å²) in [6.07, 6.45) is 2.31. The van der Waals surface area contributed by atoms with E-state index in [2.05, 4.69) is 0 Å². The second-order valence-corrected chi connectivity index (χ2v) is 5.09. The molecule has 0 heterocycles. The third-order valence-electron chi connectivity index (χ3n) is 3.60. The maximum atomic E-state index is 13.6. The molecule has 0 aliphatic heterocycles. The number of carbonyl (C=O) groups is 1. The first kappa shape index (κ1) is 13.5. The van der Waals surface area contributed by atoms with Crippen LogP contribution in [0.25, 0.3) is 0 Å². The van der Waals surface area contributed by atoms with Crippen molar-refractivity contribution < 1.29 is 9.18 Å². The number of nitriles is 1. The molecule has 0 saturated heterocycles. The molecular weight excluding hydrogens is 245 g/mol. The minimum atomic E-state index is -0.780. The van der Waals surface area contributed by atoms with E-state index in [0.29, 0.717) is 24.0 Å². The Morgan fingerprint density at radius 1 is 1.58 bits per heavy atom. The normalized spacial score (nSPS) is 16.3. The molecule has 1 aromatic carbocycles. The highest BCUT2D eigenvalue weighted by Gasteiger charge is 2.41. The van der Waals surface area contributed by atoms with Crippen molar-refractivity contribution in [3.8, 4) is 6.07 Å². The number of carbonyl (C=O) groups excluding carboxylic acids is 1. The van der Waals surface area contributed by atoms with Gasteiger partial charge >= 0.3 is 0 Å². The molecule has 1 saturated carbocycles. The Morgan fingerprint density at radius 2 is 2.26 bits per heavy atom. The predicted octanol–water partition coefficient (Wildman–Crippen LogP) is 1.54. The number of hydrogen-bond acceptors (Lipinski definition) is 3. The highest BCUT2D eigenvalue weighted by Crippen LogP contribution is 2.31. The van der Waals surface area contributed by atoms with Gasteiger partial charge in [0.15, 0.2) is 0 Å². The highest BCUT2D eigenvalue weighted by atomic mass is 19.1. The summed E-state index contributed by atoms with van der Waals surface area (Å²) in [6, 6.07) is 6.07. The molecule has 0 radical (unpaired) electrons. The Bertz CT molecular complexity index is 546. The quantitative estimate of drug-likeness (QED) is 0.897. The van der Waals surface area contributed by atoms with Crippen molar-refractivity contribution in [1.82, 2.24) is 4.90 Å². The molecule has 1 fully saturated rings. The first-order valence-corrected chi connectivity index (χ1v) is 6.19. The number of nitrogens with zero attached hydrogens (tertiary/aromatic N) is 2. The summed E-state index contributed by atoms with van der Waals surface area (Å²) in [5.41, 5.74) is 5.89. The third kappa shape index (κ3) is 2.59. The van der Waals surface area contributed by atoms with E-state index in [1.54, 1.807) is 7.05 Å². The van der Waals surface area contributed by atoms with E-state index >= 15 is 0 Å². The fourth-order valence-electron chi connectivity index (χ4n) is 2.24. The minimum absolute atomic E-state index is 0.124. The molecule has 5 heteroatoms. The second-order valence-electron chi connectivity index (χ2n) is 5.09. The van der Waals surface area contributed by atoms with Gasteiger partial charge in [0.25, 0.3) is 0 Å². The largest absolute Gasteiger partial charge is 0.340 e. The molecule has 4 nitrogen and oxygen atoms in total. The van der Waals surface area contributed by atoms with Gasteiger partial charge in [0.05, 0.1) is 17.2 Å². The Kier molecular flexibility index (Phi) is 3.54. The zero-order chi connectivity index (χ0) is 14.0. The summed E-state index contributed by atoms with van der Waals surface area (Å²) in [4.78, 5) is 13.6. The van der Waals surface area contributed by atoms with Gasteiger partial charge in [0, 0.05) is 19.2 Å². The Hall–Kier alpha value is -1.93. The van der Waals surface area contributed by atoms with E-state index in [-0.39, 0.29) is 12.5 Å². The van der Waals surface area contributed by atoms with Gasteiger partial charge < -0.3 is 10.6 Å². The fourth-order valence-corrected chi connectivity index (χ4v) is 2.24. The summed E-state index contributed by atoms with van der Waals surface area (Å²) in [5.74, 6) is -0.584. The molecule has 100 valence electrons. The SMILES string of the molecule is CN(Cc1cc(C#N)ccc1F)C(=O)C1(N)CCC1. The lowest BCUT2D eigenvalue weighted by Crippen LogP contribution is -2.58. The maximum Gasteiger partial charge on any atom is 0.242 e. The van der Waals surface area contributed by atoms with E-state index in [9.17, 15) is 9.18 Å². The topological polar surface area (TPSA) is 70.1 Å². The summed E-state index contributed by atoms with van der Waals surface area (Å²) in [5, 5.41) is 8.80. The molecule has 19 heavy (non-hydrogen) atoms. The van der Waals surface area contributed by atoms with Crippen molar-refractivity contribution in [1.29, 1.82) is 5.26 Å². The number of amides is 1. The Morgan fingerprint density at radius 3 is 2.79 bits per heavy atom. The maximum absolute atomic E-state index is 13.6. The zero-order valence-electron chi connectivity index (χ0n) is 10.8. The van der Waals surface area contributed by atoms with Gasteiger partial charge in [-0.1, -0.05) is 0 Å². The predicted molar refractivity (Wildman–Crippen MR) is 68.4 cm³/mol. The number of rotatable bonds is 3. The average molecular weight is 261 g/mol. The molecule has 0 spiro atoms. The number of benzene rings is 1. The Balaban J connectivity index is 2.12. The fraction of sp³-hybridized carbons (Fsp3) is 0.429. The molecule has 1 aromatic rings. The van der Waals surface area contributed by atoms with Crippen molar-refractivity contribution >= 4 is 5.91 Å². The third-order valence-corrected chi connectivity index (χ3v) is 3.60. The highest BCUT2D eigenvalue weighted by molar-refractivity contribution is 5.86. The molecule has 1 aliphatic carbocycles. The van der Waals surface area contributed by atoms with Crippen LogP contribution in [0.5, 0.6) is 0 Å². The van der Waals surface area contributed by atoms with Crippen LogP contribution in [0.15, 0.2) is 18.2 Å². The summed E-state index contributed by atoms with van der Waals surface area (Å²) in [7, 11) is 1.60. The summed E-state index contributed by atoms with van der Waals surface area (Å²) in [6.45, 7) is 0.124. The summed E-state index contributed by atoms with van der Waals surface area (Å²) < 4.78 is 13.6. The zero-order valence-corrected chi connectivity index (χ0v) is 10.8. The van der Waals surface area contributed by atoms with Crippen molar-refractivity contribution in [3.05, 3.63) is 35.1 Å². The lowest BCUT2D eigenvalue weighted by atomic mass is 9.76. The molecule has 1 amide bonds. The molecule has 0 unspecified atom stereocenters.